The van der Waals surface area contributed by atoms with E-state index < -0.39 is 24.1 Å². The van der Waals surface area contributed by atoms with Gasteiger partial charge in [-0.2, -0.15) is 0 Å². The second-order valence-corrected chi connectivity index (χ2v) is 5.72. The van der Waals surface area contributed by atoms with Crippen LogP contribution in [0.2, 0.25) is 0 Å². The van der Waals surface area contributed by atoms with Crippen molar-refractivity contribution in [3.05, 3.63) is 22.8 Å². The molecule has 0 spiro atoms. The van der Waals surface area contributed by atoms with Gasteiger partial charge in [-0.15, -0.1) is 0 Å². The maximum atomic E-state index is 11.1. The quantitative estimate of drug-likeness (QED) is 0.769. The van der Waals surface area contributed by atoms with E-state index >= 15 is 0 Å². The van der Waals surface area contributed by atoms with Gasteiger partial charge < -0.3 is 13.7 Å². The largest absolute Gasteiger partial charge is 0.496 e. The minimum atomic E-state index is -0.520. The summed E-state index contributed by atoms with van der Waals surface area (Å²) in [6.07, 6.45) is 1.62. The Bertz CT molecular complexity index is 672. The summed E-state index contributed by atoms with van der Waals surface area (Å²) in [6.45, 7) is 7.93. The van der Waals surface area contributed by atoms with Gasteiger partial charge in [-0.1, -0.05) is 0 Å². The number of nitrogens with one attached hydrogen (secondary N) is 1. The first kappa shape index (κ1) is 12.4. The Balaban J connectivity index is 2.00. The molecule has 0 unspecified atom stereocenters. The van der Waals surface area contributed by atoms with Gasteiger partial charge in [0, 0.05) is 11.7 Å². The predicted molar refractivity (Wildman–Crippen MR) is 70.3 cm³/mol. The molecule has 2 aromatic heterocycles. The van der Waals surface area contributed by atoms with E-state index in [0.29, 0.717) is 11.2 Å². The Morgan fingerprint density at radius 3 is 2.47 bits per heavy atom. The van der Waals surface area contributed by atoms with Gasteiger partial charge in [0.05, 0.1) is 11.2 Å². The van der Waals surface area contributed by atoms with Crippen LogP contribution >= 0.6 is 0 Å². The van der Waals surface area contributed by atoms with Crippen molar-refractivity contribution in [2.45, 2.75) is 38.9 Å². The first-order valence-electron chi connectivity index (χ1n) is 6.13. The SMILES string of the molecule is CC1(C)OB(c2cnc3[nH]c(=O)oc3c2)OC1(C)C. The highest BCUT2D eigenvalue weighted by atomic mass is 16.7. The fourth-order valence-corrected chi connectivity index (χ4v) is 1.96. The number of oxazole rings is 1. The molecular formula is C12H15BN2O4. The lowest BCUT2D eigenvalue weighted by Gasteiger charge is -2.32. The highest BCUT2D eigenvalue weighted by Crippen LogP contribution is 2.36. The molecule has 0 amide bonds. The van der Waals surface area contributed by atoms with E-state index in [4.69, 9.17) is 13.7 Å². The van der Waals surface area contributed by atoms with Crippen molar-refractivity contribution < 1.29 is 13.7 Å². The van der Waals surface area contributed by atoms with Crippen LogP contribution in [0.25, 0.3) is 11.2 Å². The number of hydrogen-bond acceptors (Lipinski definition) is 5. The number of aromatic amines is 1. The molecule has 1 saturated heterocycles. The van der Waals surface area contributed by atoms with Crippen molar-refractivity contribution in [2.75, 3.05) is 0 Å². The van der Waals surface area contributed by atoms with Crippen LogP contribution in [0, 0.1) is 0 Å². The van der Waals surface area contributed by atoms with E-state index in [1.165, 1.54) is 0 Å². The topological polar surface area (TPSA) is 77.4 Å². The lowest BCUT2D eigenvalue weighted by molar-refractivity contribution is 0.00578. The number of hydrogen-bond donors (Lipinski definition) is 1. The number of H-pyrrole nitrogens is 1. The number of nitrogens with zero attached hydrogens (tertiary/aromatic N) is 1. The number of aromatic nitrogens is 2. The van der Waals surface area contributed by atoms with E-state index in [0.717, 1.165) is 5.46 Å². The van der Waals surface area contributed by atoms with Crippen molar-refractivity contribution in [2.24, 2.45) is 0 Å². The molecular weight excluding hydrogens is 247 g/mol. The van der Waals surface area contributed by atoms with Crippen LogP contribution in [0.1, 0.15) is 27.7 Å². The van der Waals surface area contributed by atoms with Gasteiger partial charge in [0.25, 0.3) is 0 Å². The Hall–Kier alpha value is -1.60. The summed E-state index contributed by atoms with van der Waals surface area (Å²) >= 11 is 0. The van der Waals surface area contributed by atoms with Crippen molar-refractivity contribution in [3.63, 3.8) is 0 Å². The van der Waals surface area contributed by atoms with Crippen LogP contribution < -0.4 is 11.2 Å². The molecule has 19 heavy (non-hydrogen) atoms. The Kier molecular flexibility index (Phi) is 2.43. The van der Waals surface area contributed by atoms with Crippen molar-refractivity contribution >= 4 is 23.8 Å². The number of pyridine rings is 1. The standard InChI is InChI=1S/C12H15BN2O4/c1-11(2)12(3,4)19-13(18-11)7-5-8-9(14-6-7)15-10(16)17-8/h5-6H,1-4H3,(H,14,15,16). The van der Waals surface area contributed by atoms with Crippen molar-refractivity contribution in [3.8, 4) is 0 Å². The first-order chi connectivity index (χ1) is 8.78. The molecule has 1 fully saturated rings. The van der Waals surface area contributed by atoms with Crippen LogP contribution in [0.3, 0.4) is 0 Å². The van der Waals surface area contributed by atoms with E-state index in [2.05, 4.69) is 9.97 Å². The van der Waals surface area contributed by atoms with E-state index in [-0.39, 0.29) is 0 Å². The summed E-state index contributed by atoms with van der Waals surface area (Å²) in [6, 6.07) is 1.71. The van der Waals surface area contributed by atoms with Crippen molar-refractivity contribution in [1.29, 1.82) is 0 Å². The third-order valence-electron chi connectivity index (χ3n) is 3.82. The summed E-state index contributed by atoms with van der Waals surface area (Å²) in [5.41, 5.74) is 0.730. The van der Waals surface area contributed by atoms with Gasteiger partial charge in [0.1, 0.15) is 0 Å². The fourth-order valence-electron chi connectivity index (χ4n) is 1.96. The van der Waals surface area contributed by atoms with Crippen LogP contribution in [-0.2, 0) is 9.31 Å². The summed E-state index contributed by atoms with van der Waals surface area (Å²) in [5, 5.41) is 0. The van der Waals surface area contributed by atoms with Crippen LogP contribution in [0.15, 0.2) is 21.5 Å². The van der Waals surface area contributed by atoms with E-state index in [9.17, 15) is 4.79 Å². The fraction of sp³-hybridized carbons (Fsp3) is 0.500. The molecule has 3 rings (SSSR count). The van der Waals surface area contributed by atoms with Gasteiger partial charge >= 0.3 is 12.9 Å². The Morgan fingerprint density at radius 2 is 1.84 bits per heavy atom. The second-order valence-electron chi connectivity index (χ2n) is 5.72. The van der Waals surface area contributed by atoms with Gasteiger partial charge in [-0.05, 0) is 33.8 Å². The highest BCUT2D eigenvalue weighted by molar-refractivity contribution is 6.62. The average molecular weight is 262 g/mol. The van der Waals surface area contributed by atoms with Crippen molar-refractivity contribution in [1.82, 2.24) is 9.97 Å². The molecule has 2 aromatic rings. The summed E-state index contributed by atoms with van der Waals surface area (Å²) in [7, 11) is -0.512. The molecule has 0 radical (unpaired) electrons. The molecule has 0 bridgehead atoms. The van der Waals surface area contributed by atoms with Gasteiger partial charge in [-0.25, -0.2) is 9.78 Å². The zero-order valence-electron chi connectivity index (χ0n) is 11.3. The van der Waals surface area contributed by atoms with Gasteiger partial charge in [0.2, 0.25) is 0 Å². The molecule has 3 heterocycles. The Morgan fingerprint density at radius 1 is 1.21 bits per heavy atom. The summed E-state index contributed by atoms with van der Waals surface area (Å²) < 4.78 is 16.8. The minimum Gasteiger partial charge on any atom is -0.406 e. The zero-order valence-corrected chi connectivity index (χ0v) is 11.3. The Labute approximate surface area is 110 Å². The normalized spacial score (nSPS) is 21.2. The number of fused-ring (bicyclic) bond motifs is 1. The van der Waals surface area contributed by atoms with E-state index in [1.54, 1.807) is 12.3 Å². The first-order valence-corrected chi connectivity index (χ1v) is 6.13. The van der Waals surface area contributed by atoms with E-state index in [1.807, 2.05) is 27.7 Å². The molecule has 1 aliphatic heterocycles. The molecule has 0 aromatic carbocycles. The number of rotatable bonds is 1. The zero-order chi connectivity index (χ0) is 13.8. The third-order valence-corrected chi connectivity index (χ3v) is 3.82. The lowest BCUT2D eigenvalue weighted by atomic mass is 9.80. The average Bonchev–Trinajstić information content (AvgIpc) is 2.74. The van der Waals surface area contributed by atoms with Gasteiger partial charge in [0.15, 0.2) is 11.2 Å². The third kappa shape index (κ3) is 1.89. The maximum Gasteiger partial charge on any atom is 0.496 e. The monoisotopic (exact) mass is 262 g/mol. The molecule has 0 atom stereocenters. The second kappa shape index (κ2) is 3.71. The summed E-state index contributed by atoms with van der Waals surface area (Å²) in [4.78, 5) is 17.7. The lowest BCUT2D eigenvalue weighted by Crippen LogP contribution is -2.41. The molecule has 1 N–H and O–H groups in total. The van der Waals surface area contributed by atoms with Gasteiger partial charge in [-0.3, -0.25) is 4.98 Å². The molecule has 6 nitrogen and oxygen atoms in total. The van der Waals surface area contributed by atoms with Crippen LogP contribution in [0.5, 0.6) is 0 Å². The highest BCUT2D eigenvalue weighted by Gasteiger charge is 2.51. The molecule has 0 aliphatic carbocycles. The molecule has 1 aliphatic rings. The maximum absolute atomic E-state index is 11.1. The smallest absolute Gasteiger partial charge is 0.406 e. The predicted octanol–water partition coefficient (Wildman–Crippen LogP) is 0.815. The molecule has 0 saturated carbocycles. The van der Waals surface area contributed by atoms with Crippen LogP contribution in [0.4, 0.5) is 0 Å². The van der Waals surface area contributed by atoms with Crippen LogP contribution in [-0.4, -0.2) is 28.3 Å². The molecule has 100 valence electrons. The molecule has 7 heteroatoms. The minimum absolute atomic E-state index is 0.400. The summed E-state index contributed by atoms with van der Waals surface area (Å²) in [5.74, 6) is -0.520.